The highest BCUT2D eigenvalue weighted by atomic mass is 32.1. The molecule has 0 fully saturated rings. The number of carboxylic acid groups (broad SMARTS) is 1. The van der Waals surface area contributed by atoms with Crippen molar-refractivity contribution in [3.63, 3.8) is 0 Å². The zero-order valence-electron chi connectivity index (χ0n) is 9.61. The summed E-state index contributed by atoms with van der Waals surface area (Å²) < 4.78 is 0. The number of aliphatic carboxylic acids is 1. The van der Waals surface area contributed by atoms with Gasteiger partial charge in [0.25, 0.3) is 0 Å². The van der Waals surface area contributed by atoms with Gasteiger partial charge in [0.1, 0.15) is 0 Å². The summed E-state index contributed by atoms with van der Waals surface area (Å²) in [6, 6.07) is 4.17. The van der Waals surface area contributed by atoms with Crippen LogP contribution in [0.5, 0.6) is 0 Å². The van der Waals surface area contributed by atoms with E-state index in [0.29, 0.717) is 5.92 Å². The van der Waals surface area contributed by atoms with Crippen molar-refractivity contribution in [1.29, 1.82) is 0 Å². The normalized spacial score (nSPS) is 12.6. The number of thiophene rings is 1. The van der Waals surface area contributed by atoms with Gasteiger partial charge in [-0.1, -0.05) is 13.0 Å². The average molecular weight is 241 g/mol. The van der Waals surface area contributed by atoms with E-state index in [2.05, 4.69) is 29.8 Å². The summed E-state index contributed by atoms with van der Waals surface area (Å²) in [5.41, 5.74) is 0. The molecule has 0 saturated carbocycles. The van der Waals surface area contributed by atoms with Crippen LogP contribution in [0.4, 0.5) is 0 Å². The fraction of sp³-hybridized carbons (Fsp3) is 0.583. The van der Waals surface area contributed by atoms with E-state index in [1.165, 1.54) is 4.88 Å². The predicted octanol–water partition coefficient (Wildman–Crippen LogP) is 2.73. The van der Waals surface area contributed by atoms with Crippen molar-refractivity contribution in [3.05, 3.63) is 22.4 Å². The third-order valence-corrected chi connectivity index (χ3v) is 3.42. The van der Waals surface area contributed by atoms with E-state index in [0.717, 1.165) is 25.9 Å². The van der Waals surface area contributed by atoms with E-state index in [4.69, 9.17) is 5.11 Å². The van der Waals surface area contributed by atoms with Crippen LogP contribution >= 0.6 is 11.3 Å². The fourth-order valence-electron chi connectivity index (χ4n) is 1.49. The SMILES string of the molecule is CC(CCNCc1cccs1)CCC(=O)O. The summed E-state index contributed by atoms with van der Waals surface area (Å²) in [5, 5.41) is 14.0. The van der Waals surface area contributed by atoms with E-state index in [9.17, 15) is 4.79 Å². The monoisotopic (exact) mass is 241 g/mol. The molecule has 1 heterocycles. The van der Waals surface area contributed by atoms with Gasteiger partial charge in [0.05, 0.1) is 0 Å². The van der Waals surface area contributed by atoms with Gasteiger partial charge in [-0.25, -0.2) is 0 Å². The molecule has 16 heavy (non-hydrogen) atoms. The maximum atomic E-state index is 10.4. The van der Waals surface area contributed by atoms with Crippen LogP contribution in [0, 0.1) is 5.92 Å². The second-order valence-corrected chi connectivity index (χ2v) is 5.11. The van der Waals surface area contributed by atoms with Crippen LogP contribution in [-0.2, 0) is 11.3 Å². The Balaban J connectivity index is 2.00. The number of carboxylic acids is 1. The van der Waals surface area contributed by atoms with Crippen LogP contribution in [-0.4, -0.2) is 17.6 Å². The summed E-state index contributed by atoms with van der Waals surface area (Å²) in [7, 11) is 0. The van der Waals surface area contributed by atoms with Crippen molar-refractivity contribution in [1.82, 2.24) is 5.32 Å². The number of hydrogen-bond donors (Lipinski definition) is 2. The second kappa shape index (κ2) is 7.41. The molecule has 1 aromatic heterocycles. The summed E-state index contributed by atoms with van der Waals surface area (Å²) >= 11 is 1.76. The zero-order chi connectivity index (χ0) is 11.8. The van der Waals surface area contributed by atoms with Crippen molar-refractivity contribution in [3.8, 4) is 0 Å². The molecule has 1 unspecified atom stereocenters. The van der Waals surface area contributed by atoms with Crippen molar-refractivity contribution >= 4 is 17.3 Å². The van der Waals surface area contributed by atoms with Crippen LogP contribution in [0.15, 0.2) is 17.5 Å². The molecule has 0 spiro atoms. The Kier molecular flexibility index (Phi) is 6.11. The van der Waals surface area contributed by atoms with Gasteiger partial charge in [-0.05, 0) is 36.8 Å². The maximum Gasteiger partial charge on any atom is 0.303 e. The van der Waals surface area contributed by atoms with Gasteiger partial charge >= 0.3 is 5.97 Å². The first kappa shape index (κ1) is 13.2. The van der Waals surface area contributed by atoms with E-state index < -0.39 is 5.97 Å². The molecule has 0 aliphatic rings. The second-order valence-electron chi connectivity index (χ2n) is 4.08. The average Bonchev–Trinajstić information content (AvgIpc) is 2.74. The van der Waals surface area contributed by atoms with Crippen LogP contribution < -0.4 is 5.32 Å². The van der Waals surface area contributed by atoms with E-state index in [1.54, 1.807) is 11.3 Å². The molecule has 0 aromatic carbocycles. The van der Waals surface area contributed by atoms with E-state index in [1.807, 2.05) is 0 Å². The zero-order valence-corrected chi connectivity index (χ0v) is 10.4. The molecule has 4 heteroatoms. The summed E-state index contributed by atoms with van der Waals surface area (Å²) in [4.78, 5) is 11.7. The maximum absolute atomic E-state index is 10.4. The predicted molar refractivity (Wildman–Crippen MR) is 66.7 cm³/mol. The molecule has 0 saturated heterocycles. The Hall–Kier alpha value is -0.870. The summed E-state index contributed by atoms with van der Waals surface area (Å²) in [5.74, 6) is -0.217. The number of carbonyl (C=O) groups is 1. The Morgan fingerprint density at radius 3 is 3.00 bits per heavy atom. The lowest BCUT2D eigenvalue weighted by Gasteiger charge is -2.10. The van der Waals surface area contributed by atoms with Gasteiger partial charge in [-0.15, -0.1) is 11.3 Å². The first-order valence-corrected chi connectivity index (χ1v) is 6.51. The van der Waals surface area contributed by atoms with Gasteiger partial charge in [-0.2, -0.15) is 0 Å². The molecule has 0 aliphatic carbocycles. The summed E-state index contributed by atoms with van der Waals surface area (Å²) in [6.45, 7) is 3.98. The number of rotatable bonds is 8. The molecule has 0 bridgehead atoms. The molecule has 1 atom stereocenters. The highest BCUT2D eigenvalue weighted by Gasteiger charge is 2.04. The molecule has 2 N–H and O–H groups in total. The molecule has 1 rings (SSSR count). The lowest BCUT2D eigenvalue weighted by atomic mass is 10.0. The molecule has 90 valence electrons. The van der Waals surface area contributed by atoms with Crippen LogP contribution in [0.2, 0.25) is 0 Å². The minimum absolute atomic E-state index is 0.284. The molecule has 0 amide bonds. The largest absolute Gasteiger partial charge is 0.481 e. The summed E-state index contributed by atoms with van der Waals surface area (Å²) in [6.07, 6.45) is 2.10. The smallest absolute Gasteiger partial charge is 0.303 e. The Morgan fingerprint density at radius 2 is 2.38 bits per heavy atom. The van der Waals surface area contributed by atoms with Gasteiger partial charge < -0.3 is 10.4 Å². The topological polar surface area (TPSA) is 49.3 Å². The van der Waals surface area contributed by atoms with Crippen molar-refractivity contribution < 1.29 is 9.90 Å². The van der Waals surface area contributed by atoms with Gasteiger partial charge in [0.15, 0.2) is 0 Å². The van der Waals surface area contributed by atoms with E-state index in [-0.39, 0.29) is 6.42 Å². The molecule has 0 aliphatic heterocycles. The first-order valence-electron chi connectivity index (χ1n) is 5.63. The third kappa shape index (κ3) is 5.88. The Morgan fingerprint density at radius 1 is 1.56 bits per heavy atom. The minimum Gasteiger partial charge on any atom is -0.481 e. The molecule has 0 radical (unpaired) electrons. The molecular formula is C12H19NO2S. The van der Waals surface area contributed by atoms with Crippen molar-refractivity contribution in [2.24, 2.45) is 5.92 Å². The fourth-order valence-corrected chi connectivity index (χ4v) is 2.16. The van der Waals surface area contributed by atoms with Crippen LogP contribution in [0.3, 0.4) is 0 Å². The van der Waals surface area contributed by atoms with Crippen LogP contribution in [0.1, 0.15) is 31.1 Å². The highest BCUT2D eigenvalue weighted by Crippen LogP contribution is 2.10. The molecular weight excluding hydrogens is 222 g/mol. The van der Waals surface area contributed by atoms with Crippen molar-refractivity contribution in [2.45, 2.75) is 32.7 Å². The lowest BCUT2D eigenvalue weighted by molar-refractivity contribution is -0.137. The van der Waals surface area contributed by atoms with Gasteiger partial charge in [0, 0.05) is 17.8 Å². The lowest BCUT2D eigenvalue weighted by Crippen LogP contribution is -2.16. The standard InChI is InChI=1S/C12H19NO2S/c1-10(4-5-12(14)15)6-7-13-9-11-3-2-8-16-11/h2-3,8,10,13H,4-7,9H2,1H3,(H,14,15). The molecule has 1 aromatic rings. The van der Waals surface area contributed by atoms with E-state index >= 15 is 0 Å². The number of hydrogen-bond acceptors (Lipinski definition) is 3. The van der Waals surface area contributed by atoms with Gasteiger partial charge in [0.2, 0.25) is 0 Å². The Bertz CT molecular complexity index is 298. The quantitative estimate of drug-likeness (QED) is 0.688. The van der Waals surface area contributed by atoms with Crippen molar-refractivity contribution in [2.75, 3.05) is 6.54 Å². The Labute approximate surface area is 100 Å². The first-order chi connectivity index (χ1) is 7.68. The van der Waals surface area contributed by atoms with Gasteiger partial charge in [-0.3, -0.25) is 4.79 Å². The number of nitrogens with one attached hydrogen (secondary N) is 1. The van der Waals surface area contributed by atoms with Crippen LogP contribution in [0.25, 0.3) is 0 Å². The third-order valence-electron chi connectivity index (χ3n) is 2.54. The highest BCUT2D eigenvalue weighted by molar-refractivity contribution is 7.09. The molecule has 3 nitrogen and oxygen atoms in total. The minimum atomic E-state index is -0.696.